The molecule has 1 heterocycles. The molecule has 0 radical (unpaired) electrons. The fourth-order valence-electron chi connectivity index (χ4n) is 2.93. The normalized spacial score (nSPS) is 14.8. The Kier molecular flexibility index (Phi) is 6.63. The number of ether oxygens (including phenoxy) is 2. The topological polar surface area (TPSA) is 38.8 Å². The third-order valence-corrected chi connectivity index (χ3v) is 5.57. The van der Waals surface area contributed by atoms with Crippen molar-refractivity contribution in [2.45, 2.75) is 27.2 Å². The Labute approximate surface area is 172 Å². The predicted molar refractivity (Wildman–Crippen MR) is 113 cm³/mol. The van der Waals surface area contributed by atoms with E-state index >= 15 is 0 Å². The van der Waals surface area contributed by atoms with Crippen LogP contribution < -0.4 is 4.74 Å². The monoisotopic (exact) mass is 401 g/mol. The lowest BCUT2D eigenvalue weighted by atomic mass is 9.92. The zero-order valence-corrected chi connectivity index (χ0v) is 17.6. The molecular weight excluding hydrogens is 374 g/mol. The average Bonchev–Trinajstić information content (AvgIpc) is 2.73. The summed E-state index contributed by atoms with van der Waals surface area (Å²) >= 11 is 6.44. The van der Waals surface area contributed by atoms with Crippen LogP contribution in [-0.2, 0) is 4.74 Å². The van der Waals surface area contributed by atoms with Gasteiger partial charge in [0.25, 0.3) is 5.91 Å². The lowest BCUT2D eigenvalue weighted by molar-refractivity contribution is 0.0303. The molecule has 1 aliphatic rings. The second kappa shape index (κ2) is 8.97. The number of benzene rings is 2. The molecular formula is C23H28ClNO3. The summed E-state index contributed by atoms with van der Waals surface area (Å²) in [6.45, 7) is 9.63. The molecule has 3 rings (SSSR count). The minimum absolute atomic E-state index is 0.0511. The minimum atomic E-state index is 0.0511. The molecule has 5 heteroatoms. The highest BCUT2D eigenvalue weighted by Crippen LogP contribution is 2.32. The standard InChI is InChI=1S/C23H28ClNO3/c1-4-23(2,3)16-28-21-10-9-19(15-20(21)24)17-5-7-18(8-6-17)22(26)25-11-13-27-14-12-25/h5-10,15H,4,11-14,16H2,1-3H3. The van der Waals surface area contributed by atoms with Gasteiger partial charge in [-0.05, 0) is 47.2 Å². The van der Waals surface area contributed by atoms with Gasteiger partial charge in [-0.3, -0.25) is 4.79 Å². The van der Waals surface area contributed by atoms with E-state index in [4.69, 9.17) is 21.1 Å². The van der Waals surface area contributed by atoms with Crippen molar-refractivity contribution in [2.75, 3.05) is 32.9 Å². The van der Waals surface area contributed by atoms with Gasteiger partial charge in [0.2, 0.25) is 0 Å². The highest BCUT2D eigenvalue weighted by molar-refractivity contribution is 6.32. The Morgan fingerprint density at radius 2 is 1.75 bits per heavy atom. The van der Waals surface area contributed by atoms with Gasteiger partial charge >= 0.3 is 0 Å². The molecule has 1 amide bonds. The molecule has 0 aromatic heterocycles. The van der Waals surface area contributed by atoms with Crippen molar-refractivity contribution in [1.82, 2.24) is 4.90 Å². The second-order valence-electron chi connectivity index (χ2n) is 7.93. The van der Waals surface area contributed by atoms with Gasteiger partial charge in [0.15, 0.2) is 0 Å². The van der Waals surface area contributed by atoms with Gasteiger partial charge in [-0.1, -0.05) is 50.6 Å². The van der Waals surface area contributed by atoms with Gasteiger partial charge in [0.1, 0.15) is 5.75 Å². The van der Waals surface area contributed by atoms with Crippen LogP contribution in [0.5, 0.6) is 5.75 Å². The maximum absolute atomic E-state index is 12.6. The van der Waals surface area contributed by atoms with E-state index in [1.807, 2.05) is 47.4 Å². The molecule has 2 aromatic carbocycles. The highest BCUT2D eigenvalue weighted by atomic mass is 35.5. The van der Waals surface area contributed by atoms with E-state index in [2.05, 4.69) is 20.8 Å². The van der Waals surface area contributed by atoms with Gasteiger partial charge in [0, 0.05) is 18.7 Å². The summed E-state index contributed by atoms with van der Waals surface area (Å²) in [5, 5.41) is 0.595. The molecule has 1 saturated heterocycles. The van der Waals surface area contributed by atoms with Crippen LogP contribution in [0, 0.1) is 5.41 Å². The Balaban J connectivity index is 1.69. The smallest absolute Gasteiger partial charge is 0.254 e. The van der Waals surface area contributed by atoms with E-state index < -0.39 is 0 Å². The van der Waals surface area contributed by atoms with Crippen LogP contribution in [0.1, 0.15) is 37.6 Å². The van der Waals surface area contributed by atoms with Gasteiger partial charge in [-0.25, -0.2) is 0 Å². The molecule has 2 aromatic rings. The molecule has 0 unspecified atom stereocenters. The van der Waals surface area contributed by atoms with Crippen LogP contribution in [0.15, 0.2) is 42.5 Å². The third kappa shape index (κ3) is 5.06. The first kappa shape index (κ1) is 20.7. The van der Waals surface area contributed by atoms with Gasteiger partial charge < -0.3 is 14.4 Å². The average molecular weight is 402 g/mol. The zero-order valence-electron chi connectivity index (χ0n) is 16.8. The number of nitrogens with zero attached hydrogens (tertiary/aromatic N) is 1. The van der Waals surface area contributed by atoms with Crippen molar-refractivity contribution in [3.8, 4) is 16.9 Å². The van der Waals surface area contributed by atoms with Crippen LogP contribution in [0.4, 0.5) is 0 Å². The van der Waals surface area contributed by atoms with Crippen molar-refractivity contribution in [3.05, 3.63) is 53.1 Å². The fraction of sp³-hybridized carbons (Fsp3) is 0.435. The molecule has 150 valence electrons. The third-order valence-electron chi connectivity index (χ3n) is 5.27. The SMILES string of the molecule is CCC(C)(C)COc1ccc(-c2ccc(C(=O)N3CCOCC3)cc2)cc1Cl. The van der Waals surface area contributed by atoms with E-state index in [1.165, 1.54) is 0 Å². The molecule has 1 aliphatic heterocycles. The molecule has 4 nitrogen and oxygen atoms in total. The summed E-state index contributed by atoms with van der Waals surface area (Å²) in [5.74, 6) is 0.751. The molecule has 0 aliphatic carbocycles. The van der Waals surface area contributed by atoms with Crippen molar-refractivity contribution < 1.29 is 14.3 Å². The molecule has 1 fully saturated rings. The number of amides is 1. The van der Waals surface area contributed by atoms with Gasteiger partial charge in [0.05, 0.1) is 24.8 Å². The Morgan fingerprint density at radius 1 is 1.11 bits per heavy atom. The van der Waals surface area contributed by atoms with E-state index in [1.54, 1.807) is 0 Å². The van der Waals surface area contributed by atoms with Crippen LogP contribution in [-0.4, -0.2) is 43.7 Å². The van der Waals surface area contributed by atoms with Crippen molar-refractivity contribution >= 4 is 17.5 Å². The summed E-state index contributed by atoms with van der Waals surface area (Å²) in [5.41, 5.74) is 2.82. The summed E-state index contributed by atoms with van der Waals surface area (Å²) in [4.78, 5) is 14.4. The van der Waals surface area contributed by atoms with Crippen molar-refractivity contribution in [3.63, 3.8) is 0 Å². The molecule has 0 spiro atoms. The van der Waals surface area contributed by atoms with Gasteiger partial charge in [-0.2, -0.15) is 0 Å². The van der Waals surface area contributed by atoms with E-state index in [0.29, 0.717) is 49.2 Å². The number of carbonyl (C=O) groups excluding carboxylic acids is 1. The summed E-state index contributed by atoms with van der Waals surface area (Å²) in [6.07, 6.45) is 1.04. The molecule has 0 atom stereocenters. The number of hydrogen-bond donors (Lipinski definition) is 0. The summed E-state index contributed by atoms with van der Waals surface area (Å²) in [7, 11) is 0. The lowest BCUT2D eigenvalue weighted by Crippen LogP contribution is -2.40. The fourth-order valence-corrected chi connectivity index (χ4v) is 3.16. The Hall–Kier alpha value is -2.04. The van der Waals surface area contributed by atoms with Crippen LogP contribution in [0.2, 0.25) is 5.02 Å². The Morgan fingerprint density at radius 3 is 2.36 bits per heavy atom. The van der Waals surface area contributed by atoms with Crippen LogP contribution in [0.3, 0.4) is 0 Å². The summed E-state index contributed by atoms with van der Waals surface area (Å²) < 4.78 is 11.2. The van der Waals surface area contributed by atoms with E-state index in [-0.39, 0.29) is 11.3 Å². The lowest BCUT2D eigenvalue weighted by Gasteiger charge is -2.26. The summed E-state index contributed by atoms with van der Waals surface area (Å²) in [6, 6.07) is 13.5. The maximum atomic E-state index is 12.6. The first-order valence-electron chi connectivity index (χ1n) is 9.79. The number of halogens is 1. The first-order valence-corrected chi connectivity index (χ1v) is 10.2. The number of hydrogen-bond acceptors (Lipinski definition) is 3. The van der Waals surface area contributed by atoms with Crippen molar-refractivity contribution in [2.24, 2.45) is 5.41 Å². The number of rotatable bonds is 6. The van der Waals surface area contributed by atoms with Gasteiger partial charge in [-0.15, -0.1) is 0 Å². The first-order chi connectivity index (χ1) is 13.4. The van der Waals surface area contributed by atoms with Crippen molar-refractivity contribution in [1.29, 1.82) is 0 Å². The van der Waals surface area contributed by atoms with E-state index in [0.717, 1.165) is 17.5 Å². The Bertz CT molecular complexity index is 811. The largest absolute Gasteiger partial charge is 0.491 e. The number of carbonyl (C=O) groups is 1. The molecule has 0 bridgehead atoms. The second-order valence-corrected chi connectivity index (χ2v) is 8.34. The van der Waals surface area contributed by atoms with Crippen LogP contribution in [0.25, 0.3) is 11.1 Å². The van der Waals surface area contributed by atoms with Crippen LogP contribution >= 0.6 is 11.6 Å². The molecule has 28 heavy (non-hydrogen) atoms. The zero-order chi connectivity index (χ0) is 20.1. The highest BCUT2D eigenvalue weighted by Gasteiger charge is 2.19. The number of morpholine rings is 1. The molecule has 0 N–H and O–H groups in total. The quantitative estimate of drug-likeness (QED) is 0.659. The minimum Gasteiger partial charge on any atom is -0.491 e. The maximum Gasteiger partial charge on any atom is 0.254 e. The molecule has 0 saturated carbocycles. The predicted octanol–water partition coefficient (Wildman–Crippen LogP) is 5.29. The van der Waals surface area contributed by atoms with E-state index in [9.17, 15) is 4.79 Å².